The van der Waals surface area contributed by atoms with E-state index in [4.69, 9.17) is 4.74 Å². The summed E-state index contributed by atoms with van der Waals surface area (Å²) in [7, 11) is 0. The zero-order valence-corrected chi connectivity index (χ0v) is 17.5. The van der Waals surface area contributed by atoms with Crippen molar-refractivity contribution >= 4 is 23.5 Å². The smallest absolute Gasteiger partial charge is 0.230 e. The van der Waals surface area contributed by atoms with Crippen molar-refractivity contribution in [1.29, 1.82) is 0 Å². The largest absolute Gasteiger partial charge is 0.379 e. The number of nitrogens with one attached hydrogen (secondary N) is 1. The molecule has 0 aromatic heterocycles. The van der Waals surface area contributed by atoms with Gasteiger partial charge in [-0.25, -0.2) is 8.78 Å². The van der Waals surface area contributed by atoms with Crippen LogP contribution in [0.15, 0.2) is 47.4 Å². The van der Waals surface area contributed by atoms with Crippen LogP contribution in [-0.2, 0) is 9.53 Å². The molecule has 0 spiro atoms. The monoisotopic (exact) mass is 434 g/mol. The third-order valence-electron chi connectivity index (χ3n) is 4.93. The number of thioether (sulfide) groups is 1. The number of benzene rings is 2. The molecule has 1 heterocycles. The van der Waals surface area contributed by atoms with Gasteiger partial charge in [0.25, 0.3) is 0 Å². The SMILES string of the molecule is CC(=O)c1ccc(SCC(=O)NCC(c2ccc(F)cc2)N2CCOCC2)c(F)c1. The molecular weight excluding hydrogens is 410 g/mol. The van der Waals surface area contributed by atoms with Gasteiger partial charge in [0, 0.05) is 30.1 Å². The Balaban J connectivity index is 1.58. The van der Waals surface area contributed by atoms with Crippen molar-refractivity contribution in [2.75, 3.05) is 38.6 Å². The maximum absolute atomic E-state index is 14.1. The van der Waals surface area contributed by atoms with Crippen LogP contribution in [0.25, 0.3) is 0 Å². The Bertz CT molecular complexity index is 886. The molecule has 2 aromatic carbocycles. The van der Waals surface area contributed by atoms with Crippen molar-refractivity contribution < 1.29 is 23.1 Å². The fourth-order valence-electron chi connectivity index (χ4n) is 3.27. The van der Waals surface area contributed by atoms with E-state index in [-0.39, 0.29) is 29.3 Å². The normalized spacial score (nSPS) is 15.6. The summed E-state index contributed by atoms with van der Waals surface area (Å²) < 4.78 is 32.8. The number of hydrogen-bond donors (Lipinski definition) is 1. The van der Waals surface area contributed by atoms with Crippen molar-refractivity contribution in [3.8, 4) is 0 Å². The summed E-state index contributed by atoms with van der Waals surface area (Å²) in [6.45, 7) is 4.40. The number of morpholine rings is 1. The van der Waals surface area contributed by atoms with Gasteiger partial charge >= 0.3 is 0 Å². The zero-order chi connectivity index (χ0) is 21.5. The number of rotatable bonds is 8. The predicted molar refractivity (Wildman–Crippen MR) is 112 cm³/mol. The van der Waals surface area contributed by atoms with Gasteiger partial charge in [-0.15, -0.1) is 11.8 Å². The van der Waals surface area contributed by atoms with Gasteiger partial charge in [-0.3, -0.25) is 14.5 Å². The molecule has 0 aliphatic carbocycles. The molecule has 1 amide bonds. The van der Waals surface area contributed by atoms with Gasteiger partial charge in [-0.2, -0.15) is 0 Å². The quantitative estimate of drug-likeness (QED) is 0.510. The summed E-state index contributed by atoms with van der Waals surface area (Å²) in [4.78, 5) is 26.2. The molecule has 0 saturated carbocycles. The second-order valence-corrected chi connectivity index (χ2v) is 8.03. The highest BCUT2D eigenvalue weighted by atomic mass is 32.2. The Morgan fingerprint density at radius 2 is 1.83 bits per heavy atom. The average Bonchev–Trinajstić information content (AvgIpc) is 2.75. The maximum Gasteiger partial charge on any atom is 0.230 e. The maximum atomic E-state index is 14.1. The van der Waals surface area contributed by atoms with Crippen LogP contribution in [0.1, 0.15) is 28.9 Å². The molecule has 1 fully saturated rings. The van der Waals surface area contributed by atoms with E-state index in [0.29, 0.717) is 30.2 Å². The second-order valence-electron chi connectivity index (χ2n) is 7.01. The van der Waals surface area contributed by atoms with Gasteiger partial charge < -0.3 is 10.1 Å². The zero-order valence-electron chi connectivity index (χ0n) is 16.7. The minimum atomic E-state index is -0.516. The van der Waals surface area contributed by atoms with E-state index in [1.165, 1.54) is 31.2 Å². The Hall–Kier alpha value is -2.29. The molecule has 160 valence electrons. The molecule has 0 radical (unpaired) electrons. The molecule has 1 saturated heterocycles. The summed E-state index contributed by atoms with van der Waals surface area (Å²) in [5.74, 6) is -1.21. The number of carbonyl (C=O) groups excluding carboxylic acids is 2. The van der Waals surface area contributed by atoms with Crippen molar-refractivity contribution in [3.63, 3.8) is 0 Å². The molecule has 3 rings (SSSR count). The highest BCUT2D eigenvalue weighted by molar-refractivity contribution is 8.00. The van der Waals surface area contributed by atoms with Crippen LogP contribution in [-0.4, -0.2) is 55.2 Å². The number of nitrogens with zero attached hydrogens (tertiary/aromatic N) is 1. The highest BCUT2D eigenvalue weighted by Crippen LogP contribution is 2.24. The topological polar surface area (TPSA) is 58.6 Å². The standard InChI is InChI=1S/C22H24F2N2O3S/c1-15(27)17-4-7-21(19(24)12-17)30-14-22(28)25-13-20(26-8-10-29-11-9-26)16-2-5-18(23)6-3-16/h2-7,12,20H,8-11,13-14H2,1H3,(H,25,28). The first-order valence-electron chi connectivity index (χ1n) is 9.71. The van der Waals surface area contributed by atoms with Gasteiger partial charge in [-0.1, -0.05) is 18.2 Å². The molecule has 8 heteroatoms. The first kappa shape index (κ1) is 22.4. The van der Waals surface area contributed by atoms with Crippen molar-refractivity contribution in [1.82, 2.24) is 10.2 Å². The van der Waals surface area contributed by atoms with Crippen LogP contribution in [0.3, 0.4) is 0 Å². The Kier molecular flexibility index (Phi) is 7.95. The minimum Gasteiger partial charge on any atom is -0.379 e. The van der Waals surface area contributed by atoms with Crippen LogP contribution >= 0.6 is 11.8 Å². The summed E-state index contributed by atoms with van der Waals surface area (Å²) in [5, 5.41) is 2.90. The number of hydrogen-bond acceptors (Lipinski definition) is 5. The van der Waals surface area contributed by atoms with E-state index in [9.17, 15) is 18.4 Å². The minimum absolute atomic E-state index is 0.0512. The molecular formula is C22H24F2N2O3S. The van der Waals surface area contributed by atoms with Crippen molar-refractivity contribution in [2.24, 2.45) is 0 Å². The summed E-state index contributed by atoms with van der Waals surface area (Å²) in [6.07, 6.45) is 0. The third-order valence-corrected chi connectivity index (χ3v) is 5.98. The first-order chi connectivity index (χ1) is 14.4. The van der Waals surface area contributed by atoms with Crippen LogP contribution < -0.4 is 5.32 Å². The number of ether oxygens (including phenoxy) is 1. The van der Waals surface area contributed by atoms with Crippen LogP contribution in [0, 0.1) is 11.6 Å². The molecule has 1 atom stereocenters. The van der Waals surface area contributed by atoms with Gasteiger partial charge in [0.2, 0.25) is 5.91 Å². The summed E-state index contributed by atoms with van der Waals surface area (Å²) in [5.41, 5.74) is 1.21. The predicted octanol–water partition coefficient (Wildman–Crippen LogP) is 3.45. The van der Waals surface area contributed by atoms with E-state index in [1.807, 2.05) is 0 Å². The molecule has 2 aromatic rings. The lowest BCUT2D eigenvalue weighted by atomic mass is 10.0. The number of Topliss-reactive ketones (excluding diaryl/α,β-unsaturated/α-hetero) is 1. The molecule has 1 N–H and O–H groups in total. The fourth-order valence-corrected chi connectivity index (χ4v) is 4.02. The Labute approximate surface area is 178 Å². The summed E-state index contributed by atoms with van der Waals surface area (Å²) in [6, 6.07) is 10.4. The van der Waals surface area contributed by atoms with Gasteiger partial charge in [0.15, 0.2) is 5.78 Å². The summed E-state index contributed by atoms with van der Waals surface area (Å²) >= 11 is 1.08. The van der Waals surface area contributed by atoms with Gasteiger partial charge in [0.05, 0.1) is 25.0 Å². The lowest BCUT2D eigenvalue weighted by molar-refractivity contribution is -0.118. The van der Waals surface area contributed by atoms with E-state index in [1.54, 1.807) is 18.2 Å². The van der Waals surface area contributed by atoms with Crippen LogP contribution in [0.2, 0.25) is 0 Å². The number of amides is 1. The van der Waals surface area contributed by atoms with Crippen LogP contribution in [0.4, 0.5) is 8.78 Å². The Morgan fingerprint density at radius 3 is 2.47 bits per heavy atom. The lowest BCUT2D eigenvalue weighted by Crippen LogP contribution is -2.44. The number of halogens is 2. The lowest BCUT2D eigenvalue weighted by Gasteiger charge is -2.35. The Morgan fingerprint density at radius 1 is 1.13 bits per heavy atom. The van der Waals surface area contributed by atoms with Crippen molar-refractivity contribution in [2.45, 2.75) is 17.9 Å². The molecule has 30 heavy (non-hydrogen) atoms. The van der Waals surface area contributed by atoms with Gasteiger partial charge in [0.1, 0.15) is 11.6 Å². The number of carbonyl (C=O) groups is 2. The highest BCUT2D eigenvalue weighted by Gasteiger charge is 2.23. The average molecular weight is 435 g/mol. The first-order valence-corrected chi connectivity index (χ1v) is 10.7. The third kappa shape index (κ3) is 6.10. The van der Waals surface area contributed by atoms with Gasteiger partial charge in [-0.05, 0) is 36.8 Å². The fraction of sp³-hybridized carbons (Fsp3) is 0.364. The van der Waals surface area contributed by atoms with E-state index in [2.05, 4.69) is 10.2 Å². The van der Waals surface area contributed by atoms with E-state index >= 15 is 0 Å². The molecule has 1 unspecified atom stereocenters. The van der Waals surface area contributed by atoms with Crippen LogP contribution in [0.5, 0.6) is 0 Å². The molecule has 1 aliphatic rings. The van der Waals surface area contributed by atoms with Crippen molar-refractivity contribution in [3.05, 3.63) is 65.2 Å². The second kappa shape index (κ2) is 10.7. The molecule has 0 bridgehead atoms. The number of ketones is 1. The van der Waals surface area contributed by atoms with E-state index in [0.717, 1.165) is 30.4 Å². The van der Waals surface area contributed by atoms with E-state index < -0.39 is 5.82 Å². The molecule has 5 nitrogen and oxygen atoms in total. The molecule has 1 aliphatic heterocycles.